The average molecular weight is 239 g/mol. The first-order chi connectivity index (χ1) is 7.72. The largest absolute Gasteiger partial charge is 0.388 e. The van der Waals surface area contributed by atoms with Crippen molar-refractivity contribution in [2.75, 3.05) is 23.8 Å². The monoisotopic (exact) mass is 238 g/mol. The van der Waals surface area contributed by atoms with Gasteiger partial charge in [-0.05, 0) is 44.4 Å². The van der Waals surface area contributed by atoms with Crippen molar-refractivity contribution in [1.29, 1.82) is 0 Å². The number of anilines is 2. The summed E-state index contributed by atoms with van der Waals surface area (Å²) in [4.78, 5) is 2.42. The number of nitrogens with one attached hydrogen (secondary N) is 1. The van der Waals surface area contributed by atoms with Crippen LogP contribution in [0.3, 0.4) is 0 Å². The zero-order valence-electron chi connectivity index (χ0n) is 9.96. The molecule has 1 aliphatic heterocycles. The lowest BCUT2D eigenvalue weighted by Crippen LogP contribution is -2.37. The lowest BCUT2D eigenvalue weighted by atomic mass is 10.0. The first kappa shape index (κ1) is 11.6. The summed E-state index contributed by atoms with van der Waals surface area (Å²) in [7, 11) is 1.91. The molecule has 1 saturated heterocycles. The molecule has 0 radical (unpaired) electrons. The summed E-state index contributed by atoms with van der Waals surface area (Å²) >= 11 is 6.33. The number of piperidine rings is 1. The minimum atomic E-state index is 0.603. The molecule has 1 aromatic rings. The minimum absolute atomic E-state index is 0.603. The van der Waals surface area contributed by atoms with Crippen molar-refractivity contribution in [2.24, 2.45) is 0 Å². The van der Waals surface area contributed by atoms with E-state index < -0.39 is 0 Å². The molecule has 1 fully saturated rings. The molecule has 3 heteroatoms. The van der Waals surface area contributed by atoms with Gasteiger partial charge in [0.05, 0.1) is 10.7 Å². The second-order valence-electron chi connectivity index (χ2n) is 4.45. The Morgan fingerprint density at radius 1 is 1.38 bits per heavy atom. The zero-order chi connectivity index (χ0) is 11.5. The summed E-state index contributed by atoms with van der Waals surface area (Å²) in [6.07, 6.45) is 3.88. The minimum Gasteiger partial charge on any atom is -0.388 e. The van der Waals surface area contributed by atoms with Crippen molar-refractivity contribution in [3.8, 4) is 0 Å². The van der Waals surface area contributed by atoms with Gasteiger partial charge in [-0.25, -0.2) is 0 Å². The van der Waals surface area contributed by atoms with Crippen LogP contribution < -0.4 is 10.2 Å². The first-order valence-electron chi connectivity index (χ1n) is 5.96. The summed E-state index contributed by atoms with van der Waals surface area (Å²) in [5.74, 6) is 0. The summed E-state index contributed by atoms with van der Waals surface area (Å²) in [6, 6.07) is 6.81. The Labute approximate surface area is 103 Å². The number of halogens is 1. The Balaban J connectivity index is 2.25. The van der Waals surface area contributed by atoms with Gasteiger partial charge in [0.2, 0.25) is 0 Å². The van der Waals surface area contributed by atoms with Crippen molar-refractivity contribution < 1.29 is 0 Å². The highest BCUT2D eigenvalue weighted by atomic mass is 35.5. The third-order valence-corrected chi connectivity index (χ3v) is 3.65. The second kappa shape index (κ2) is 4.96. The summed E-state index contributed by atoms with van der Waals surface area (Å²) in [5.41, 5.74) is 2.24. The molecule has 2 nitrogen and oxygen atoms in total. The number of hydrogen-bond donors (Lipinski definition) is 1. The van der Waals surface area contributed by atoms with Gasteiger partial charge in [-0.15, -0.1) is 0 Å². The molecule has 0 unspecified atom stereocenters. The van der Waals surface area contributed by atoms with Gasteiger partial charge in [0.25, 0.3) is 0 Å². The van der Waals surface area contributed by atoms with Gasteiger partial charge in [0.1, 0.15) is 0 Å². The molecule has 2 rings (SSSR count). The van der Waals surface area contributed by atoms with Gasteiger partial charge < -0.3 is 10.2 Å². The molecule has 16 heavy (non-hydrogen) atoms. The average Bonchev–Trinajstić information content (AvgIpc) is 2.30. The predicted octanol–water partition coefficient (Wildman–Crippen LogP) is 3.76. The van der Waals surface area contributed by atoms with E-state index in [-0.39, 0.29) is 0 Å². The highest BCUT2D eigenvalue weighted by Gasteiger charge is 2.20. The van der Waals surface area contributed by atoms with Crippen LogP contribution in [-0.4, -0.2) is 19.6 Å². The fourth-order valence-electron chi connectivity index (χ4n) is 2.35. The molecule has 0 spiro atoms. The number of rotatable bonds is 2. The number of nitrogens with zero attached hydrogens (tertiary/aromatic N) is 1. The molecule has 1 heterocycles. The number of hydrogen-bond acceptors (Lipinski definition) is 2. The van der Waals surface area contributed by atoms with Crippen LogP contribution in [0.5, 0.6) is 0 Å². The van der Waals surface area contributed by atoms with E-state index in [9.17, 15) is 0 Å². The van der Waals surface area contributed by atoms with E-state index in [0.717, 1.165) is 17.3 Å². The van der Waals surface area contributed by atoms with E-state index in [4.69, 9.17) is 11.6 Å². The van der Waals surface area contributed by atoms with Gasteiger partial charge in [-0.1, -0.05) is 11.6 Å². The summed E-state index contributed by atoms with van der Waals surface area (Å²) in [6.45, 7) is 3.40. The molecular weight excluding hydrogens is 220 g/mol. The number of benzene rings is 1. The van der Waals surface area contributed by atoms with Crippen LogP contribution in [0.25, 0.3) is 0 Å². The Kier molecular flexibility index (Phi) is 3.59. The lowest BCUT2D eigenvalue weighted by molar-refractivity contribution is 0.485. The quantitative estimate of drug-likeness (QED) is 0.844. The Morgan fingerprint density at radius 3 is 2.81 bits per heavy atom. The standard InChI is InChI=1S/C13H19ClN2/c1-10-5-3-4-8-16(10)13-7-6-11(15-2)9-12(13)14/h6-7,9-10,15H,3-5,8H2,1-2H3/t10-/m1/s1. The fraction of sp³-hybridized carbons (Fsp3) is 0.538. The van der Waals surface area contributed by atoms with Crippen LogP contribution in [0.1, 0.15) is 26.2 Å². The van der Waals surface area contributed by atoms with Crippen molar-refractivity contribution in [3.63, 3.8) is 0 Å². The van der Waals surface area contributed by atoms with Crippen LogP contribution >= 0.6 is 11.6 Å². The van der Waals surface area contributed by atoms with Crippen molar-refractivity contribution >= 4 is 23.0 Å². The Hall–Kier alpha value is -0.890. The van der Waals surface area contributed by atoms with Crippen LogP contribution in [0, 0.1) is 0 Å². The third-order valence-electron chi connectivity index (χ3n) is 3.35. The van der Waals surface area contributed by atoms with E-state index in [0.29, 0.717) is 6.04 Å². The molecule has 0 aromatic heterocycles. The second-order valence-corrected chi connectivity index (χ2v) is 4.86. The van der Waals surface area contributed by atoms with Gasteiger partial charge in [0, 0.05) is 25.3 Å². The molecule has 1 atom stereocenters. The topological polar surface area (TPSA) is 15.3 Å². The fourth-order valence-corrected chi connectivity index (χ4v) is 2.64. The van der Waals surface area contributed by atoms with Gasteiger partial charge >= 0.3 is 0 Å². The van der Waals surface area contributed by atoms with Crippen LogP contribution in [0.2, 0.25) is 5.02 Å². The van der Waals surface area contributed by atoms with E-state index in [1.54, 1.807) is 0 Å². The maximum absolute atomic E-state index is 6.33. The van der Waals surface area contributed by atoms with Crippen LogP contribution in [0.4, 0.5) is 11.4 Å². The first-order valence-corrected chi connectivity index (χ1v) is 6.34. The van der Waals surface area contributed by atoms with E-state index >= 15 is 0 Å². The van der Waals surface area contributed by atoms with E-state index in [1.807, 2.05) is 13.1 Å². The maximum atomic E-state index is 6.33. The van der Waals surface area contributed by atoms with Gasteiger partial charge in [-0.2, -0.15) is 0 Å². The SMILES string of the molecule is CNc1ccc(N2CCCC[C@H]2C)c(Cl)c1. The van der Waals surface area contributed by atoms with Crippen molar-refractivity contribution in [3.05, 3.63) is 23.2 Å². The van der Waals surface area contributed by atoms with E-state index in [2.05, 4.69) is 29.3 Å². The van der Waals surface area contributed by atoms with Crippen LogP contribution in [0.15, 0.2) is 18.2 Å². The zero-order valence-corrected chi connectivity index (χ0v) is 10.7. The molecule has 1 aliphatic rings. The van der Waals surface area contributed by atoms with Gasteiger partial charge in [-0.3, -0.25) is 0 Å². The molecular formula is C13H19ClN2. The van der Waals surface area contributed by atoms with Gasteiger partial charge in [0.15, 0.2) is 0 Å². The summed E-state index contributed by atoms with van der Waals surface area (Å²) in [5, 5.41) is 3.95. The molecule has 0 amide bonds. The highest BCUT2D eigenvalue weighted by molar-refractivity contribution is 6.33. The molecule has 88 valence electrons. The van der Waals surface area contributed by atoms with E-state index in [1.165, 1.54) is 24.9 Å². The Morgan fingerprint density at radius 2 is 2.19 bits per heavy atom. The molecule has 1 aromatic carbocycles. The Bertz CT molecular complexity index is 365. The smallest absolute Gasteiger partial charge is 0.0660 e. The summed E-state index contributed by atoms with van der Waals surface area (Å²) < 4.78 is 0. The normalized spacial score (nSPS) is 20.9. The molecule has 0 aliphatic carbocycles. The highest BCUT2D eigenvalue weighted by Crippen LogP contribution is 2.32. The third kappa shape index (κ3) is 2.27. The van der Waals surface area contributed by atoms with Crippen molar-refractivity contribution in [2.45, 2.75) is 32.2 Å². The molecule has 0 saturated carbocycles. The predicted molar refractivity (Wildman–Crippen MR) is 71.7 cm³/mol. The molecule has 1 N–H and O–H groups in total. The maximum Gasteiger partial charge on any atom is 0.0660 e. The molecule has 0 bridgehead atoms. The van der Waals surface area contributed by atoms with Crippen molar-refractivity contribution in [1.82, 2.24) is 0 Å². The lowest BCUT2D eigenvalue weighted by Gasteiger charge is -2.36. The van der Waals surface area contributed by atoms with Crippen LogP contribution in [-0.2, 0) is 0 Å².